The SMILES string of the molecule is COc1ccc2c(c1)C1CC1(C(=O)N1C3CCC1[I-]N(C)C3)Cn1c-2c(C2CCCCC2)c2ccc(C(=O)NS(=O)(=O)C3CC3)cc21. The second-order valence-corrected chi connectivity index (χ2v) is 20.3. The number of nitrogens with one attached hydrogen (secondary N) is 1. The number of rotatable bonds is 6. The van der Waals surface area contributed by atoms with Gasteiger partial charge in [0.15, 0.2) is 0 Å². The Balaban J connectivity index is 1.23. The number of likely N-dealkylation sites (N-methyl/N-ethyl adjacent to an activating group) is 1. The van der Waals surface area contributed by atoms with E-state index >= 15 is 4.79 Å². The fourth-order valence-electron chi connectivity index (χ4n) is 9.26. The van der Waals surface area contributed by atoms with Crippen LogP contribution in [-0.2, 0) is 21.4 Å². The Morgan fingerprint density at radius 1 is 1.00 bits per heavy atom. The van der Waals surface area contributed by atoms with Gasteiger partial charge < -0.3 is 0 Å². The zero-order chi connectivity index (χ0) is 32.2. The van der Waals surface area contributed by atoms with Crippen molar-refractivity contribution in [1.82, 2.24) is 17.3 Å². The van der Waals surface area contributed by atoms with E-state index in [1.54, 1.807) is 13.2 Å². The molecule has 3 aliphatic heterocycles. The van der Waals surface area contributed by atoms with Crippen molar-refractivity contribution in [2.45, 2.75) is 97.9 Å². The Morgan fingerprint density at radius 3 is 2.55 bits per heavy atom. The van der Waals surface area contributed by atoms with Crippen molar-refractivity contribution in [3.05, 3.63) is 53.1 Å². The third-order valence-electron chi connectivity index (χ3n) is 11.8. The van der Waals surface area contributed by atoms with Crippen LogP contribution in [0.25, 0.3) is 22.2 Å². The second kappa shape index (κ2) is 10.9. The Labute approximate surface area is 287 Å². The van der Waals surface area contributed by atoms with E-state index in [0.717, 1.165) is 60.9 Å². The van der Waals surface area contributed by atoms with Crippen LogP contribution < -0.4 is 30.9 Å². The van der Waals surface area contributed by atoms with Crippen molar-refractivity contribution >= 4 is 32.7 Å². The molecule has 47 heavy (non-hydrogen) atoms. The van der Waals surface area contributed by atoms with Crippen LogP contribution in [0.2, 0.25) is 0 Å². The van der Waals surface area contributed by atoms with Crippen molar-refractivity contribution < 1.29 is 44.2 Å². The quantitative estimate of drug-likeness (QED) is 0.179. The number of methoxy groups -OCH3 is 1. The molecule has 9 nitrogen and oxygen atoms in total. The summed E-state index contributed by atoms with van der Waals surface area (Å²) in [4.78, 5) is 30.7. The predicted molar refractivity (Wildman–Crippen MR) is 175 cm³/mol. The molecule has 1 aromatic heterocycles. The molecule has 2 bridgehead atoms. The molecule has 4 atom stereocenters. The first-order valence-electron chi connectivity index (χ1n) is 17.3. The molecule has 2 amide bonds. The van der Waals surface area contributed by atoms with Gasteiger partial charge >= 0.3 is 262 Å². The van der Waals surface area contributed by atoms with Gasteiger partial charge in [0.05, 0.1) is 5.25 Å². The Bertz CT molecular complexity index is 1920. The third-order valence-corrected chi connectivity index (χ3v) is 16.8. The van der Waals surface area contributed by atoms with E-state index in [2.05, 4.69) is 36.5 Å². The summed E-state index contributed by atoms with van der Waals surface area (Å²) in [6, 6.07) is 12.4. The van der Waals surface area contributed by atoms with Crippen molar-refractivity contribution in [3.8, 4) is 17.0 Å². The number of hydrogen-bond acceptors (Lipinski definition) is 6. The molecular formula is C36H42IN4O5S-. The zero-order valence-corrected chi connectivity index (χ0v) is 30.0. The summed E-state index contributed by atoms with van der Waals surface area (Å²) >= 11 is -0.235. The number of halogens is 1. The van der Waals surface area contributed by atoms with Gasteiger partial charge in [0.1, 0.15) is 0 Å². The normalized spacial score (nSPS) is 28.9. The first-order chi connectivity index (χ1) is 22.7. The summed E-state index contributed by atoms with van der Waals surface area (Å²) in [5.74, 6) is 1.01. The summed E-state index contributed by atoms with van der Waals surface area (Å²) in [6.07, 6.45) is 10.0. The molecule has 6 aliphatic rings. The number of carbonyl (C=O) groups excluding carboxylic acids is 2. The molecule has 0 radical (unpaired) electrons. The van der Waals surface area contributed by atoms with Crippen LogP contribution in [0.15, 0.2) is 36.4 Å². The fraction of sp³-hybridized carbons (Fsp3) is 0.556. The number of benzene rings is 2. The first kappa shape index (κ1) is 30.4. The molecule has 4 heterocycles. The predicted octanol–water partition coefficient (Wildman–Crippen LogP) is 2.34. The average Bonchev–Trinajstić information content (AvgIpc) is 3.99. The minimum atomic E-state index is -3.68. The monoisotopic (exact) mass is 769 g/mol. The summed E-state index contributed by atoms with van der Waals surface area (Å²) in [5, 5.41) is 0.638. The molecule has 3 aromatic rings. The van der Waals surface area contributed by atoms with Gasteiger partial charge in [-0.15, -0.1) is 0 Å². The zero-order valence-electron chi connectivity index (χ0n) is 27.0. The third kappa shape index (κ3) is 4.80. The molecule has 4 unspecified atom stereocenters. The van der Waals surface area contributed by atoms with Gasteiger partial charge in [-0.05, 0) is 12.8 Å². The number of aromatic nitrogens is 1. The standard InChI is InChI=1S/C36H42IN4O5S/c1-39-19-23-9-15-31(37-39)41(23)35(43)36-18-29(36)28-17-24(46-2)10-14-26(28)33-32(21-6-4-3-5-7-21)27-13-8-22(16-30(27)40(33)20-36)34(42)38-47(44,45)25-11-12-25/h8,10,13-14,16-17,21,23,25,29,31H,3-7,9,11-12,15,18-20H2,1-2H3,(H,38,42)/q-1. The van der Waals surface area contributed by atoms with Crippen LogP contribution in [0.1, 0.15) is 97.5 Å². The Hall–Kier alpha value is -2.64. The topological polar surface area (TPSA) is 101 Å². The van der Waals surface area contributed by atoms with Crippen LogP contribution in [0, 0.1) is 5.41 Å². The van der Waals surface area contributed by atoms with Crippen LogP contribution in [0.4, 0.5) is 0 Å². The summed E-state index contributed by atoms with van der Waals surface area (Å²) in [7, 11) is 0.231. The van der Waals surface area contributed by atoms with E-state index in [-0.39, 0.29) is 33.4 Å². The molecule has 2 aromatic carbocycles. The van der Waals surface area contributed by atoms with Gasteiger partial charge in [-0.2, -0.15) is 0 Å². The molecule has 2 saturated heterocycles. The van der Waals surface area contributed by atoms with Crippen molar-refractivity contribution in [2.24, 2.45) is 5.41 Å². The Kier molecular flexibility index (Phi) is 7.08. The summed E-state index contributed by atoms with van der Waals surface area (Å²) < 4.78 is 38.7. The maximum absolute atomic E-state index is 15.0. The minimum absolute atomic E-state index is 0.0988. The second-order valence-electron chi connectivity index (χ2n) is 14.7. The van der Waals surface area contributed by atoms with Crippen molar-refractivity contribution in [1.29, 1.82) is 0 Å². The number of amides is 2. The van der Waals surface area contributed by atoms with Gasteiger partial charge in [-0.3, -0.25) is 0 Å². The molecule has 3 aliphatic carbocycles. The van der Waals surface area contributed by atoms with Gasteiger partial charge in [-0.25, -0.2) is 8.42 Å². The number of sulfonamides is 1. The molecule has 250 valence electrons. The van der Waals surface area contributed by atoms with Gasteiger partial charge in [0, 0.05) is 0 Å². The number of fused-ring (bicyclic) bond motifs is 9. The van der Waals surface area contributed by atoms with E-state index < -0.39 is 26.6 Å². The van der Waals surface area contributed by atoms with Crippen LogP contribution in [0.3, 0.4) is 0 Å². The molecule has 11 heteroatoms. The molecule has 0 spiro atoms. The summed E-state index contributed by atoms with van der Waals surface area (Å²) in [5.41, 5.74) is 5.55. The van der Waals surface area contributed by atoms with Gasteiger partial charge in [0.25, 0.3) is 0 Å². The molecule has 5 fully saturated rings. The van der Waals surface area contributed by atoms with Crippen LogP contribution >= 0.6 is 0 Å². The molecule has 9 rings (SSSR count). The van der Waals surface area contributed by atoms with Crippen LogP contribution in [-0.4, -0.2) is 68.9 Å². The maximum atomic E-state index is 15.0. The van der Waals surface area contributed by atoms with E-state index in [0.29, 0.717) is 40.8 Å². The first-order valence-corrected chi connectivity index (χ1v) is 21.0. The number of hydrogen-bond donors (Lipinski definition) is 1. The van der Waals surface area contributed by atoms with Crippen molar-refractivity contribution in [3.63, 3.8) is 0 Å². The molecule has 3 saturated carbocycles. The van der Waals surface area contributed by atoms with E-state index in [4.69, 9.17) is 4.74 Å². The number of nitrogens with zero attached hydrogens (tertiary/aromatic N) is 3. The molecular weight excluding hydrogens is 727 g/mol. The average molecular weight is 770 g/mol. The van der Waals surface area contributed by atoms with Crippen molar-refractivity contribution in [2.75, 3.05) is 20.7 Å². The fourth-order valence-corrected chi connectivity index (χ4v) is 14.0. The van der Waals surface area contributed by atoms with Crippen LogP contribution in [0.5, 0.6) is 5.75 Å². The van der Waals surface area contributed by atoms with E-state index in [1.807, 2.05) is 18.2 Å². The van der Waals surface area contributed by atoms with E-state index in [1.165, 1.54) is 36.1 Å². The number of ether oxygens (including phenoxy) is 1. The van der Waals surface area contributed by atoms with Gasteiger partial charge in [0.2, 0.25) is 0 Å². The summed E-state index contributed by atoms with van der Waals surface area (Å²) in [6.45, 7) is 1.52. The number of carbonyl (C=O) groups is 2. The molecule has 1 N–H and O–H groups in total. The Morgan fingerprint density at radius 2 is 1.81 bits per heavy atom. The van der Waals surface area contributed by atoms with Gasteiger partial charge in [-0.1, -0.05) is 0 Å². The number of alkyl halides is 1. The van der Waals surface area contributed by atoms with E-state index in [9.17, 15) is 13.2 Å².